The summed E-state index contributed by atoms with van der Waals surface area (Å²) in [4.78, 5) is 19.2. The number of aromatic amines is 1. The van der Waals surface area contributed by atoms with E-state index in [1.807, 2.05) is 37.4 Å². The monoisotopic (exact) mass is 365 g/mol. The SMILES string of the molecule is Cc1ccc(-c2cc(C(=O)NCCc3nc4ccccc4n3C)n[nH]2)s1. The van der Waals surface area contributed by atoms with Gasteiger partial charge in [0.1, 0.15) is 5.82 Å². The Morgan fingerprint density at radius 3 is 2.88 bits per heavy atom. The van der Waals surface area contributed by atoms with E-state index in [1.165, 1.54) is 4.88 Å². The van der Waals surface area contributed by atoms with E-state index in [2.05, 4.69) is 38.1 Å². The van der Waals surface area contributed by atoms with Crippen LogP contribution in [0.5, 0.6) is 0 Å². The van der Waals surface area contributed by atoms with Crippen LogP contribution >= 0.6 is 11.3 Å². The maximum absolute atomic E-state index is 12.3. The standard InChI is InChI=1S/C19H19N5OS/c1-12-7-8-17(26-12)14-11-15(23-22-14)19(25)20-10-9-18-21-13-5-3-4-6-16(13)24(18)2/h3-8,11H,9-10H2,1-2H3,(H,20,25)(H,22,23). The molecule has 0 aliphatic carbocycles. The molecule has 0 spiro atoms. The third-order valence-electron chi connectivity index (χ3n) is 4.33. The fourth-order valence-electron chi connectivity index (χ4n) is 2.94. The van der Waals surface area contributed by atoms with Gasteiger partial charge in [0.2, 0.25) is 0 Å². The van der Waals surface area contributed by atoms with Gasteiger partial charge in [-0.3, -0.25) is 9.89 Å². The van der Waals surface area contributed by atoms with Crippen molar-refractivity contribution in [1.82, 2.24) is 25.1 Å². The molecule has 1 aromatic carbocycles. The van der Waals surface area contributed by atoms with Gasteiger partial charge in [0.25, 0.3) is 5.91 Å². The Balaban J connectivity index is 1.39. The third-order valence-corrected chi connectivity index (χ3v) is 5.36. The molecule has 0 bridgehead atoms. The summed E-state index contributed by atoms with van der Waals surface area (Å²) in [6.45, 7) is 2.56. The van der Waals surface area contributed by atoms with Crippen LogP contribution in [0, 0.1) is 6.92 Å². The fraction of sp³-hybridized carbons (Fsp3) is 0.211. The van der Waals surface area contributed by atoms with E-state index in [-0.39, 0.29) is 5.91 Å². The highest BCUT2D eigenvalue weighted by Gasteiger charge is 2.13. The Morgan fingerprint density at radius 2 is 2.12 bits per heavy atom. The highest BCUT2D eigenvalue weighted by atomic mass is 32.1. The first-order chi connectivity index (χ1) is 12.6. The number of fused-ring (bicyclic) bond motifs is 1. The van der Waals surface area contributed by atoms with Gasteiger partial charge in [-0.15, -0.1) is 11.3 Å². The first kappa shape index (κ1) is 16.5. The Kier molecular flexibility index (Phi) is 4.30. The average Bonchev–Trinajstić information content (AvgIpc) is 3.35. The maximum atomic E-state index is 12.3. The molecule has 2 N–H and O–H groups in total. The van der Waals surface area contributed by atoms with E-state index in [1.54, 1.807) is 17.4 Å². The van der Waals surface area contributed by atoms with Gasteiger partial charge in [-0.25, -0.2) is 4.98 Å². The molecule has 3 aromatic heterocycles. The number of hydrogen-bond acceptors (Lipinski definition) is 4. The Bertz CT molecular complexity index is 1070. The van der Waals surface area contributed by atoms with E-state index in [9.17, 15) is 4.79 Å². The maximum Gasteiger partial charge on any atom is 0.271 e. The summed E-state index contributed by atoms with van der Waals surface area (Å²) in [6.07, 6.45) is 0.665. The minimum absolute atomic E-state index is 0.181. The number of rotatable bonds is 5. The second-order valence-corrected chi connectivity index (χ2v) is 7.45. The normalized spacial score (nSPS) is 11.2. The highest BCUT2D eigenvalue weighted by Crippen LogP contribution is 2.26. The van der Waals surface area contributed by atoms with E-state index in [0.29, 0.717) is 18.7 Å². The molecule has 0 unspecified atom stereocenters. The van der Waals surface area contributed by atoms with E-state index < -0.39 is 0 Å². The lowest BCUT2D eigenvalue weighted by Gasteiger charge is -2.04. The first-order valence-corrected chi connectivity index (χ1v) is 9.24. The number of nitrogens with zero attached hydrogens (tertiary/aromatic N) is 3. The van der Waals surface area contributed by atoms with Crippen molar-refractivity contribution in [2.45, 2.75) is 13.3 Å². The summed E-state index contributed by atoms with van der Waals surface area (Å²) in [5, 5.41) is 9.98. The molecular weight excluding hydrogens is 346 g/mol. The number of carbonyl (C=O) groups excluding carboxylic acids is 1. The number of H-pyrrole nitrogens is 1. The topological polar surface area (TPSA) is 75.6 Å². The van der Waals surface area contributed by atoms with Crippen LogP contribution in [0.2, 0.25) is 0 Å². The Hall–Kier alpha value is -2.93. The largest absolute Gasteiger partial charge is 0.350 e. The lowest BCUT2D eigenvalue weighted by atomic mass is 10.3. The fourth-order valence-corrected chi connectivity index (χ4v) is 3.77. The molecule has 4 rings (SSSR count). The summed E-state index contributed by atoms with van der Waals surface area (Å²) >= 11 is 1.67. The molecule has 0 radical (unpaired) electrons. The molecule has 0 saturated carbocycles. The van der Waals surface area contributed by atoms with Crippen molar-refractivity contribution in [3.63, 3.8) is 0 Å². The van der Waals surface area contributed by atoms with Gasteiger partial charge in [0.15, 0.2) is 5.69 Å². The van der Waals surface area contributed by atoms with Crippen LogP contribution in [0.3, 0.4) is 0 Å². The van der Waals surface area contributed by atoms with Gasteiger partial charge in [-0.05, 0) is 37.3 Å². The summed E-state index contributed by atoms with van der Waals surface area (Å²) in [6, 6.07) is 13.9. The van der Waals surface area contributed by atoms with E-state index in [0.717, 1.165) is 27.4 Å². The van der Waals surface area contributed by atoms with Crippen molar-refractivity contribution < 1.29 is 4.79 Å². The van der Waals surface area contributed by atoms with Crippen molar-refractivity contribution in [3.8, 4) is 10.6 Å². The van der Waals surface area contributed by atoms with Gasteiger partial charge in [-0.2, -0.15) is 5.10 Å². The summed E-state index contributed by atoms with van der Waals surface area (Å²) < 4.78 is 2.06. The molecule has 0 aliphatic rings. The molecule has 6 nitrogen and oxygen atoms in total. The van der Waals surface area contributed by atoms with Crippen molar-refractivity contribution in [2.24, 2.45) is 7.05 Å². The smallest absolute Gasteiger partial charge is 0.271 e. The number of nitrogens with one attached hydrogen (secondary N) is 2. The second kappa shape index (κ2) is 6.76. The number of thiophene rings is 1. The number of aryl methyl sites for hydroxylation is 2. The van der Waals surface area contributed by atoms with E-state index in [4.69, 9.17) is 0 Å². The van der Waals surface area contributed by atoms with Crippen LogP contribution in [0.4, 0.5) is 0 Å². The van der Waals surface area contributed by atoms with Crippen LogP contribution in [0.25, 0.3) is 21.6 Å². The van der Waals surface area contributed by atoms with Crippen molar-refractivity contribution >= 4 is 28.3 Å². The lowest BCUT2D eigenvalue weighted by Crippen LogP contribution is -2.26. The number of carbonyl (C=O) groups is 1. The molecule has 0 atom stereocenters. The molecule has 0 aliphatic heterocycles. The zero-order valence-electron chi connectivity index (χ0n) is 14.6. The van der Waals surface area contributed by atoms with Gasteiger partial charge in [0.05, 0.1) is 21.6 Å². The average molecular weight is 365 g/mol. The van der Waals surface area contributed by atoms with Crippen molar-refractivity contribution in [3.05, 3.63) is 58.9 Å². The van der Waals surface area contributed by atoms with Gasteiger partial charge < -0.3 is 9.88 Å². The van der Waals surface area contributed by atoms with Crippen LogP contribution in [-0.4, -0.2) is 32.2 Å². The molecule has 0 saturated heterocycles. The minimum Gasteiger partial charge on any atom is -0.350 e. The van der Waals surface area contributed by atoms with Crippen molar-refractivity contribution in [1.29, 1.82) is 0 Å². The van der Waals surface area contributed by atoms with Crippen LogP contribution in [-0.2, 0) is 13.5 Å². The van der Waals surface area contributed by atoms with Crippen LogP contribution in [0.15, 0.2) is 42.5 Å². The third kappa shape index (κ3) is 3.13. The first-order valence-electron chi connectivity index (χ1n) is 8.42. The number of benzene rings is 1. The number of imidazole rings is 1. The number of hydrogen-bond donors (Lipinski definition) is 2. The van der Waals surface area contributed by atoms with Gasteiger partial charge in [0, 0.05) is 24.9 Å². The minimum atomic E-state index is -0.181. The molecule has 4 aromatic rings. The quantitative estimate of drug-likeness (QED) is 0.570. The summed E-state index contributed by atoms with van der Waals surface area (Å²) in [5.74, 6) is 0.766. The lowest BCUT2D eigenvalue weighted by molar-refractivity contribution is 0.0949. The molecule has 26 heavy (non-hydrogen) atoms. The molecule has 7 heteroatoms. The highest BCUT2D eigenvalue weighted by molar-refractivity contribution is 7.15. The molecule has 0 fully saturated rings. The number of aromatic nitrogens is 4. The predicted octanol–water partition coefficient (Wildman–Crippen LogP) is 3.31. The second-order valence-electron chi connectivity index (χ2n) is 6.16. The van der Waals surface area contributed by atoms with Crippen molar-refractivity contribution in [2.75, 3.05) is 6.54 Å². The number of para-hydroxylation sites is 2. The number of amides is 1. The molecule has 3 heterocycles. The Labute approximate surface area is 154 Å². The van der Waals surface area contributed by atoms with Crippen LogP contribution < -0.4 is 5.32 Å². The van der Waals surface area contributed by atoms with Gasteiger partial charge in [-0.1, -0.05) is 12.1 Å². The molecular formula is C19H19N5OS. The van der Waals surface area contributed by atoms with Gasteiger partial charge >= 0.3 is 0 Å². The van der Waals surface area contributed by atoms with E-state index >= 15 is 0 Å². The zero-order chi connectivity index (χ0) is 18.1. The zero-order valence-corrected chi connectivity index (χ0v) is 15.4. The summed E-state index contributed by atoms with van der Waals surface area (Å²) in [5.41, 5.74) is 3.33. The van der Waals surface area contributed by atoms with Crippen LogP contribution in [0.1, 0.15) is 21.2 Å². The molecule has 132 valence electrons. The molecule has 1 amide bonds. The Morgan fingerprint density at radius 1 is 1.27 bits per heavy atom. The predicted molar refractivity (Wildman–Crippen MR) is 103 cm³/mol. The summed E-state index contributed by atoms with van der Waals surface area (Å²) in [7, 11) is 2.00.